The number of carbonyl (C=O) groups is 2. The molecule has 1 unspecified atom stereocenters. The minimum atomic E-state index is -0.798. The Labute approximate surface area is 235 Å². The number of ether oxygens (including phenoxy) is 3. The minimum absolute atomic E-state index is 0.225. The fraction of sp³-hybridized carbons (Fsp3) is 0.310. The first-order valence-electron chi connectivity index (χ1n) is 12.1. The van der Waals surface area contributed by atoms with Crippen molar-refractivity contribution in [1.82, 2.24) is 0 Å². The average Bonchev–Trinajstić information content (AvgIpc) is 2.89. The summed E-state index contributed by atoms with van der Waals surface area (Å²) >= 11 is 7.22. The van der Waals surface area contributed by atoms with E-state index < -0.39 is 12.0 Å². The van der Waals surface area contributed by atoms with Gasteiger partial charge in [0.1, 0.15) is 17.5 Å². The lowest BCUT2D eigenvalue weighted by atomic mass is 10.0. The van der Waals surface area contributed by atoms with Crippen molar-refractivity contribution in [3.05, 3.63) is 80.7 Å². The van der Waals surface area contributed by atoms with Gasteiger partial charge in [-0.15, -0.1) is 0 Å². The van der Waals surface area contributed by atoms with Crippen molar-refractivity contribution in [3.63, 3.8) is 0 Å². The second-order valence-electron chi connectivity index (χ2n) is 8.62. The molecule has 6 nitrogen and oxygen atoms in total. The largest absolute Gasteiger partial charge is 0.496 e. The van der Waals surface area contributed by atoms with Gasteiger partial charge in [0, 0.05) is 16.8 Å². The molecular weight excluding hydrogens is 602 g/mol. The van der Waals surface area contributed by atoms with Gasteiger partial charge in [-0.3, -0.25) is 9.69 Å². The molecular formula is C29H31Br2NO5. The first-order chi connectivity index (χ1) is 17.7. The summed E-state index contributed by atoms with van der Waals surface area (Å²) < 4.78 is 18.3. The van der Waals surface area contributed by atoms with E-state index in [1.54, 1.807) is 50.4 Å². The first kappa shape index (κ1) is 28.7. The third-order valence-corrected chi connectivity index (χ3v) is 6.98. The average molecular weight is 633 g/mol. The molecule has 0 bridgehead atoms. The second-order valence-corrected chi connectivity index (χ2v) is 10.3. The summed E-state index contributed by atoms with van der Waals surface area (Å²) in [5.74, 6) is 1.48. The number of amides is 1. The molecule has 196 valence electrons. The van der Waals surface area contributed by atoms with Gasteiger partial charge in [0.2, 0.25) is 0 Å². The van der Waals surface area contributed by atoms with Gasteiger partial charge >= 0.3 is 5.97 Å². The number of hydrogen-bond donors (Lipinski definition) is 0. The Morgan fingerprint density at radius 3 is 2.14 bits per heavy atom. The topological polar surface area (TPSA) is 65.1 Å². The van der Waals surface area contributed by atoms with Crippen LogP contribution in [-0.4, -0.2) is 31.6 Å². The Bertz CT molecular complexity index is 1220. The molecule has 3 rings (SSSR count). The van der Waals surface area contributed by atoms with Gasteiger partial charge in [-0.05, 0) is 93.6 Å². The van der Waals surface area contributed by atoms with E-state index in [9.17, 15) is 9.59 Å². The quantitative estimate of drug-likeness (QED) is 0.211. The van der Waals surface area contributed by atoms with Crippen molar-refractivity contribution in [1.29, 1.82) is 0 Å². The predicted molar refractivity (Wildman–Crippen MR) is 153 cm³/mol. The molecule has 0 saturated heterocycles. The van der Waals surface area contributed by atoms with Gasteiger partial charge in [0.05, 0.1) is 22.7 Å². The fourth-order valence-corrected chi connectivity index (χ4v) is 5.30. The highest BCUT2D eigenvalue weighted by atomic mass is 79.9. The SMILES string of the molecule is CCOC(=O)C(CC)N(C(=O)c1ccccc1)c1cc(Br)c(Oc2ccc(OC)c(C(C)C)c2)c(Br)c1. The molecule has 37 heavy (non-hydrogen) atoms. The number of carbonyl (C=O) groups excluding carboxylic acids is 2. The van der Waals surface area contributed by atoms with E-state index in [2.05, 4.69) is 45.7 Å². The minimum Gasteiger partial charge on any atom is -0.496 e. The van der Waals surface area contributed by atoms with Crippen LogP contribution in [0.3, 0.4) is 0 Å². The summed E-state index contributed by atoms with van der Waals surface area (Å²) in [7, 11) is 1.65. The molecule has 0 radical (unpaired) electrons. The molecule has 3 aromatic rings. The van der Waals surface area contributed by atoms with Crippen LogP contribution in [0.4, 0.5) is 5.69 Å². The predicted octanol–water partition coefficient (Wildman–Crippen LogP) is 8.12. The van der Waals surface area contributed by atoms with Crippen molar-refractivity contribution < 1.29 is 23.8 Å². The van der Waals surface area contributed by atoms with Gasteiger partial charge in [-0.1, -0.05) is 39.0 Å². The summed E-state index contributed by atoms with van der Waals surface area (Å²) in [6, 6.07) is 17.3. The lowest BCUT2D eigenvalue weighted by Gasteiger charge is -2.30. The van der Waals surface area contributed by atoms with Crippen LogP contribution in [0.15, 0.2) is 69.6 Å². The van der Waals surface area contributed by atoms with Crippen molar-refractivity contribution in [2.24, 2.45) is 0 Å². The molecule has 0 aliphatic rings. The van der Waals surface area contributed by atoms with Gasteiger partial charge in [0.15, 0.2) is 5.75 Å². The molecule has 0 aliphatic carbocycles. The van der Waals surface area contributed by atoms with Crippen molar-refractivity contribution in [2.45, 2.75) is 46.1 Å². The first-order valence-corrected chi connectivity index (χ1v) is 13.7. The number of halogens is 2. The normalized spacial score (nSPS) is 11.7. The van der Waals surface area contributed by atoms with Crippen LogP contribution in [0.5, 0.6) is 17.2 Å². The summed E-state index contributed by atoms with van der Waals surface area (Å²) in [4.78, 5) is 28.0. The molecule has 1 atom stereocenters. The van der Waals surface area contributed by atoms with E-state index in [1.807, 2.05) is 31.2 Å². The zero-order valence-electron chi connectivity index (χ0n) is 21.6. The Morgan fingerprint density at radius 1 is 0.946 bits per heavy atom. The Balaban J connectivity index is 2.05. The highest BCUT2D eigenvalue weighted by molar-refractivity contribution is 9.11. The van der Waals surface area contributed by atoms with Crippen LogP contribution < -0.4 is 14.4 Å². The van der Waals surface area contributed by atoms with Gasteiger partial charge in [-0.2, -0.15) is 0 Å². The van der Waals surface area contributed by atoms with Crippen LogP contribution in [0.1, 0.15) is 56.0 Å². The lowest BCUT2D eigenvalue weighted by molar-refractivity contribution is -0.144. The summed E-state index contributed by atoms with van der Waals surface area (Å²) in [5.41, 5.74) is 2.03. The monoisotopic (exact) mass is 631 g/mol. The van der Waals surface area contributed by atoms with E-state index in [0.29, 0.717) is 38.1 Å². The molecule has 0 saturated carbocycles. The molecule has 3 aromatic carbocycles. The van der Waals surface area contributed by atoms with Crippen molar-refractivity contribution in [3.8, 4) is 17.2 Å². The molecule has 0 fully saturated rings. The molecule has 0 aromatic heterocycles. The van der Waals surface area contributed by atoms with Crippen molar-refractivity contribution >= 4 is 49.4 Å². The third-order valence-electron chi connectivity index (χ3n) is 5.80. The van der Waals surface area contributed by atoms with Crippen LogP contribution in [0.2, 0.25) is 0 Å². The maximum atomic E-state index is 13.7. The number of hydrogen-bond acceptors (Lipinski definition) is 5. The van der Waals surface area contributed by atoms with Crippen molar-refractivity contribution in [2.75, 3.05) is 18.6 Å². The summed E-state index contributed by atoms with van der Waals surface area (Å²) in [6.45, 7) is 8.01. The Morgan fingerprint density at radius 2 is 1.59 bits per heavy atom. The number of benzene rings is 3. The molecule has 0 N–H and O–H groups in total. The Hall–Kier alpha value is -2.84. The standard InChI is InChI=1S/C29H31Br2NO5/c1-6-25(29(34)36-7-2)32(28(33)19-11-9-8-10-12-19)20-15-23(30)27(24(31)16-20)37-21-13-14-26(35-5)22(17-21)18(3)4/h8-18,25H,6-7H2,1-5H3. The Kier molecular flexibility index (Phi) is 10.2. The maximum Gasteiger partial charge on any atom is 0.329 e. The zero-order valence-corrected chi connectivity index (χ0v) is 24.8. The fourth-order valence-electron chi connectivity index (χ4n) is 3.98. The third kappa shape index (κ3) is 6.73. The number of methoxy groups -OCH3 is 1. The number of anilines is 1. The number of esters is 1. The summed E-state index contributed by atoms with van der Waals surface area (Å²) in [5, 5.41) is 0. The number of rotatable bonds is 10. The van der Waals surface area contributed by atoms with Crippen LogP contribution in [-0.2, 0) is 9.53 Å². The smallest absolute Gasteiger partial charge is 0.329 e. The summed E-state index contributed by atoms with van der Waals surface area (Å²) in [6.07, 6.45) is 0.384. The molecule has 8 heteroatoms. The van der Waals surface area contributed by atoms with Crippen LogP contribution in [0, 0.1) is 0 Å². The van der Waals surface area contributed by atoms with Crippen LogP contribution in [0.25, 0.3) is 0 Å². The highest BCUT2D eigenvalue weighted by Crippen LogP contribution is 2.42. The van der Waals surface area contributed by atoms with E-state index >= 15 is 0 Å². The van der Waals surface area contributed by atoms with E-state index in [1.165, 1.54) is 4.90 Å². The van der Waals surface area contributed by atoms with Gasteiger partial charge in [0.25, 0.3) is 5.91 Å². The molecule has 0 heterocycles. The van der Waals surface area contributed by atoms with E-state index in [-0.39, 0.29) is 18.4 Å². The number of nitrogens with zero attached hydrogens (tertiary/aromatic N) is 1. The van der Waals surface area contributed by atoms with E-state index in [0.717, 1.165) is 11.3 Å². The van der Waals surface area contributed by atoms with Crippen LogP contribution >= 0.6 is 31.9 Å². The van der Waals surface area contributed by atoms with Gasteiger partial charge in [-0.25, -0.2) is 4.79 Å². The highest BCUT2D eigenvalue weighted by Gasteiger charge is 2.32. The molecule has 0 aliphatic heterocycles. The second kappa shape index (κ2) is 13.1. The van der Waals surface area contributed by atoms with E-state index in [4.69, 9.17) is 14.2 Å². The molecule has 0 spiro atoms. The van der Waals surface area contributed by atoms with Gasteiger partial charge < -0.3 is 14.2 Å². The molecule has 1 amide bonds. The lowest BCUT2D eigenvalue weighted by Crippen LogP contribution is -2.46. The zero-order chi connectivity index (χ0) is 27.1. The maximum absolute atomic E-state index is 13.7.